The van der Waals surface area contributed by atoms with E-state index in [0.29, 0.717) is 5.92 Å². The van der Waals surface area contributed by atoms with E-state index in [-0.39, 0.29) is 6.61 Å². The zero-order valence-electron chi connectivity index (χ0n) is 7.57. The highest BCUT2D eigenvalue weighted by Gasteiger charge is 2.22. The molecule has 1 heterocycles. The number of hydrogen-bond donors (Lipinski definition) is 1. The van der Waals surface area contributed by atoms with Gasteiger partial charge in [0.05, 0.1) is 6.61 Å². The fraction of sp³-hybridized carbons (Fsp3) is 0.455. The van der Waals surface area contributed by atoms with Gasteiger partial charge in [-0.05, 0) is 18.9 Å². The van der Waals surface area contributed by atoms with Crippen LogP contribution in [0.15, 0.2) is 24.3 Å². The molecular formula is C11H14O2. The summed E-state index contributed by atoms with van der Waals surface area (Å²) >= 11 is 0. The molecule has 1 aromatic rings. The summed E-state index contributed by atoms with van der Waals surface area (Å²) in [4.78, 5) is 0. The number of benzene rings is 1. The monoisotopic (exact) mass is 178 g/mol. The van der Waals surface area contributed by atoms with Crippen molar-refractivity contribution in [2.24, 2.45) is 0 Å². The van der Waals surface area contributed by atoms with Crippen molar-refractivity contribution in [1.29, 1.82) is 0 Å². The number of ether oxygens (including phenoxy) is 1. The Hall–Kier alpha value is -1.02. The van der Waals surface area contributed by atoms with Gasteiger partial charge in [0.1, 0.15) is 5.75 Å². The molecule has 2 rings (SSSR count). The second kappa shape index (κ2) is 3.79. The van der Waals surface area contributed by atoms with Crippen molar-refractivity contribution < 1.29 is 9.84 Å². The van der Waals surface area contributed by atoms with E-state index >= 15 is 0 Å². The lowest BCUT2D eigenvalue weighted by atomic mass is 9.97. The molecule has 0 spiro atoms. The molecule has 1 N–H and O–H groups in total. The Labute approximate surface area is 78.2 Å². The average Bonchev–Trinajstić information content (AvgIpc) is 2.58. The molecule has 0 fully saturated rings. The van der Waals surface area contributed by atoms with Crippen molar-refractivity contribution in [3.63, 3.8) is 0 Å². The minimum atomic E-state index is 0.276. The number of aliphatic hydroxyl groups is 1. The van der Waals surface area contributed by atoms with Crippen LogP contribution in [0.5, 0.6) is 5.75 Å². The molecule has 0 aliphatic carbocycles. The third kappa shape index (κ3) is 1.68. The molecule has 0 saturated carbocycles. The average molecular weight is 178 g/mol. The van der Waals surface area contributed by atoms with E-state index in [4.69, 9.17) is 9.84 Å². The lowest BCUT2D eigenvalue weighted by Gasteiger charge is -2.06. The molecule has 0 radical (unpaired) electrons. The topological polar surface area (TPSA) is 29.5 Å². The van der Waals surface area contributed by atoms with Gasteiger partial charge in [0, 0.05) is 18.1 Å². The summed E-state index contributed by atoms with van der Waals surface area (Å²) in [6.07, 6.45) is 1.88. The maximum Gasteiger partial charge on any atom is 0.122 e. The molecule has 70 valence electrons. The zero-order valence-corrected chi connectivity index (χ0v) is 7.57. The summed E-state index contributed by atoms with van der Waals surface area (Å²) in [6, 6.07) is 8.16. The predicted octanol–water partition coefficient (Wildman–Crippen LogP) is 1.94. The Morgan fingerprint density at radius 3 is 3.08 bits per heavy atom. The molecule has 0 amide bonds. The highest BCUT2D eigenvalue weighted by molar-refractivity contribution is 5.39. The van der Waals surface area contributed by atoms with Crippen LogP contribution < -0.4 is 4.74 Å². The van der Waals surface area contributed by atoms with Gasteiger partial charge in [0.25, 0.3) is 0 Å². The minimum absolute atomic E-state index is 0.276. The van der Waals surface area contributed by atoms with Crippen LogP contribution in [0.4, 0.5) is 0 Å². The maximum atomic E-state index is 8.73. The van der Waals surface area contributed by atoms with Gasteiger partial charge in [0.2, 0.25) is 0 Å². The van der Waals surface area contributed by atoms with E-state index < -0.39 is 0 Å². The number of fused-ring (bicyclic) bond motifs is 1. The van der Waals surface area contributed by atoms with E-state index in [9.17, 15) is 0 Å². The smallest absolute Gasteiger partial charge is 0.122 e. The molecule has 13 heavy (non-hydrogen) atoms. The Morgan fingerprint density at radius 1 is 1.38 bits per heavy atom. The van der Waals surface area contributed by atoms with E-state index in [1.807, 2.05) is 18.2 Å². The third-order valence-electron chi connectivity index (χ3n) is 2.51. The first-order chi connectivity index (χ1) is 6.42. The van der Waals surface area contributed by atoms with Crippen LogP contribution in [-0.2, 0) is 0 Å². The molecule has 0 saturated heterocycles. The van der Waals surface area contributed by atoms with Crippen molar-refractivity contribution in [1.82, 2.24) is 0 Å². The number of rotatable bonds is 3. The highest BCUT2D eigenvalue weighted by atomic mass is 16.5. The lowest BCUT2D eigenvalue weighted by Crippen LogP contribution is -2.01. The molecule has 1 aliphatic heterocycles. The van der Waals surface area contributed by atoms with Gasteiger partial charge in [-0.3, -0.25) is 0 Å². The van der Waals surface area contributed by atoms with E-state index in [1.54, 1.807) is 0 Å². The second-order valence-electron chi connectivity index (χ2n) is 3.41. The Bertz CT molecular complexity index is 283. The fourth-order valence-corrected chi connectivity index (χ4v) is 1.81. The van der Waals surface area contributed by atoms with Gasteiger partial charge in [-0.25, -0.2) is 0 Å². The molecule has 1 unspecified atom stereocenters. The van der Waals surface area contributed by atoms with Gasteiger partial charge in [-0.15, -0.1) is 0 Å². The number of aliphatic hydroxyl groups excluding tert-OH is 1. The summed E-state index contributed by atoms with van der Waals surface area (Å²) in [5, 5.41) is 8.73. The van der Waals surface area contributed by atoms with Crippen molar-refractivity contribution >= 4 is 0 Å². The highest BCUT2D eigenvalue weighted by Crippen LogP contribution is 2.35. The molecule has 2 heteroatoms. The first-order valence-corrected chi connectivity index (χ1v) is 4.74. The normalized spacial score (nSPS) is 19.6. The van der Waals surface area contributed by atoms with Crippen LogP contribution in [-0.4, -0.2) is 18.3 Å². The Morgan fingerprint density at radius 2 is 2.23 bits per heavy atom. The van der Waals surface area contributed by atoms with Crippen LogP contribution in [0.3, 0.4) is 0 Å². The quantitative estimate of drug-likeness (QED) is 0.766. The first kappa shape index (κ1) is 8.57. The van der Waals surface area contributed by atoms with Crippen LogP contribution >= 0.6 is 0 Å². The van der Waals surface area contributed by atoms with Crippen molar-refractivity contribution in [3.8, 4) is 5.75 Å². The summed E-state index contributed by atoms with van der Waals surface area (Å²) in [5.74, 6) is 1.51. The molecule has 1 atom stereocenters. The fourth-order valence-electron chi connectivity index (χ4n) is 1.81. The van der Waals surface area contributed by atoms with E-state index in [1.165, 1.54) is 5.56 Å². The largest absolute Gasteiger partial charge is 0.493 e. The number of hydrogen-bond acceptors (Lipinski definition) is 2. The Balaban J connectivity index is 2.09. The molecule has 0 bridgehead atoms. The van der Waals surface area contributed by atoms with Crippen LogP contribution in [0, 0.1) is 0 Å². The van der Waals surface area contributed by atoms with Crippen molar-refractivity contribution in [2.75, 3.05) is 13.2 Å². The van der Waals surface area contributed by atoms with Gasteiger partial charge >= 0.3 is 0 Å². The standard InChI is InChI=1S/C11H14O2/c12-7-3-4-9-8-13-11-6-2-1-5-10(9)11/h1-2,5-6,9,12H,3-4,7-8H2. The van der Waals surface area contributed by atoms with Crippen molar-refractivity contribution in [3.05, 3.63) is 29.8 Å². The van der Waals surface area contributed by atoms with E-state index in [2.05, 4.69) is 6.07 Å². The molecule has 2 nitrogen and oxygen atoms in total. The van der Waals surface area contributed by atoms with Crippen LogP contribution in [0.2, 0.25) is 0 Å². The van der Waals surface area contributed by atoms with Crippen LogP contribution in [0.25, 0.3) is 0 Å². The summed E-state index contributed by atoms with van der Waals surface area (Å²) in [5.41, 5.74) is 1.30. The van der Waals surface area contributed by atoms with Gasteiger partial charge in [-0.1, -0.05) is 18.2 Å². The minimum Gasteiger partial charge on any atom is -0.493 e. The summed E-state index contributed by atoms with van der Waals surface area (Å²) in [7, 11) is 0. The maximum absolute atomic E-state index is 8.73. The predicted molar refractivity (Wildman–Crippen MR) is 51.0 cm³/mol. The molecule has 0 aromatic heterocycles. The third-order valence-corrected chi connectivity index (χ3v) is 2.51. The summed E-state index contributed by atoms with van der Waals surface area (Å²) in [6.45, 7) is 1.05. The van der Waals surface area contributed by atoms with Gasteiger partial charge in [0.15, 0.2) is 0 Å². The van der Waals surface area contributed by atoms with E-state index in [0.717, 1.165) is 25.2 Å². The van der Waals surface area contributed by atoms with Gasteiger partial charge < -0.3 is 9.84 Å². The second-order valence-corrected chi connectivity index (χ2v) is 3.41. The zero-order chi connectivity index (χ0) is 9.10. The van der Waals surface area contributed by atoms with Crippen molar-refractivity contribution in [2.45, 2.75) is 18.8 Å². The molecular weight excluding hydrogens is 164 g/mol. The molecule has 1 aliphatic rings. The molecule has 1 aromatic carbocycles. The lowest BCUT2D eigenvalue weighted by molar-refractivity contribution is 0.268. The SMILES string of the molecule is OCCCC1COc2ccccc21. The Kier molecular flexibility index (Phi) is 2.50. The first-order valence-electron chi connectivity index (χ1n) is 4.74. The van der Waals surface area contributed by atoms with Crippen LogP contribution in [0.1, 0.15) is 24.3 Å². The summed E-state index contributed by atoms with van der Waals surface area (Å²) < 4.78 is 5.53. The van der Waals surface area contributed by atoms with Gasteiger partial charge in [-0.2, -0.15) is 0 Å². The number of para-hydroxylation sites is 1.